The van der Waals surface area contributed by atoms with Crippen molar-refractivity contribution in [2.75, 3.05) is 6.61 Å². The van der Waals surface area contributed by atoms with E-state index in [4.69, 9.17) is 9.88 Å². The van der Waals surface area contributed by atoms with Crippen LogP contribution in [0, 0.1) is 16.7 Å². The lowest BCUT2D eigenvalue weighted by Crippen LogP contribution is -2.48. The van der Waals surface area contributed by atoms with Gasteiger partial charge < -0.3 is 10.1 Å². The van der Waals surface area contributed by atoms with Crippen LogP contribution in [0.3, 0.4) is 0 Å². The van der Waals surface area contributed by atoms with Crippen molar-refractivity contribution in [1.29, 1.82) is 0 Å². The van der Waals surface area contributed by atoms with E-state index in [1.807, 2.05) is 0 Å². The zero-order chi connectivity index (χ0) is 19.3. The van der Waals surface area contributed by atoms with Crippen molar-refractivity contribution < 1.29 is 22.7 Å². The predicted molar refractivity (Wildman–Crippen MR) is 97.1 cm³/mol. The Balaban J connectivity index is 1.59. The van der Waals surface area contributed by atoms with Crippen LogP contribution in [0.25, 0.3) is 0 Å². The number of amides is 1. The minimum Gasteiger partial charge on any atom is -0.451 e. The second-order valence-corrected chi connectivity index (χ2v) is 10.4. The number of hydrogen-bond acceptors (Lipinski definition) is 6. The molecule has 2 aliphatic carbocycles. The van der Waals surface area contributed by atoms with Crippen molar-refractivity contribution in [2.24, 2.45) is 21.9 Å². The summed E-state index contributed by atoms with van der Waals surface area (Å²) in [6.45, 7) is 6.27. The third kappa shape index (κ3) is 3.05. The van der Waals surface area contributed by atoms with Crippen molar-refractivity contribution in [3.8, 4) is 0 Å². The molecule has 2 aliphatic rings. The largest absolute Gasteiger partial charge is 0.451 e. The molecule has 0 radical (unpaired) electrons. The van der Waals surface area contributed by atoms with Crippen molar-refractivity contribution in [3.05, 3.63) is 16.3 Å². The van der Waals surface area contributed by atoms with Crippen molar-refractivity contribution in [1.82, 2.24) is 5.32 Å². The van der Waals surface area contributed by atoms with Crippen LogP contribution >= 0.6 is 11.3 Å². The molecule has 1 heterocycles. The molecule has 0 aromatic carbocycles. The maximum atomic E-state index is 12.3. The van der Waals surface area contributed by atoms with Gasteiger partial charge in [-0.05, 0) is 47.5 Å². The van der Waals surface area contributed by atoms with Crippen molar-refractivity contribution in [3.63, 3.8) is 0 Å². The van der Waals surface area contributed by atoms with E-state index in [-0.39, 0.29) is 32.6 Å². The number of rotatable bonds is 5. The lowest BCUT2D eigenvalue weighted by molar-refractivity contribution is -0.126. The van der Waals surface area contributed by atoms with Crippen LogP contribution in [0.5, 0.6) is 0 Å². The molecule has 3 rings (SSSR count). The van der Waals surface area contributed by atoms with Crippen LogP contribution in [0.15, 0.2) is 16.3 Å². The van der Waals surface area contributed by atoms with Crippen LogP contribution in [-0.2, 0) is 19.6 Å². The van der Waals surface area contributed by atoms with Gasteiger partial charge in [-0.2, -0.15) is 0 Å². The fourth-order valence-corrected chi connectivity index (χ4v) is 6.38. The molecule has 3 atom stereocenters. The summed E-state index contributed by atoms with van der Waals surface area (Å²) in [5, 5.41) is 9.51. The third-order valence-corrected chi connectivity index (χ3v) is 8.56. The zero-order valence-corrected chi connectivity index (χ0v) is 16.7. The third-order valence-electron chi connectivity index (χ3n) is 6.58. The second kappa shape index (κ2) is 6.31. The van der Waals surface area contributed by atoms with Gasteiger partial charge in [-0.1, -0.05) is 20.8 Å². The van der Waals surface area contributed by atoms with Gasteiger partial charge in [-0.3, -0.25) is 4.79 Å². The van der Waals surface area contributed by atoms with Crippen LogP contribution in [-0.4, -0.2) is 32.9 Å². The number of sulfonamides is 1. The molecule has 26 heavy (non-hydrogen) atoms. The number of esters is 1. The number of thiophene rings is 1. The summed E-state index contributed by atoms with van der Waals surface area (Å²) < 4.78 is 27.9. The van der Waals surface area contributed by atoms with Crippen LogP contribution in [0.4, 0.5) is 0 Å². The molecule has 0 aliphatic heterocycles. The number of fused-ring (bicyclic) bond motifs is 2. The van der Waals surface area contributed by atoms with Crippen LogP contribution in [0.2, 0.25) is 0 Å². The molecule has 2 saturated carbocycles. The molecule has 2 bridgehead atoms. The molecule has 144 valence electrons. The van der Waals surface area contributed by atoms with Gasteiger partial charge in [0, 0.05) is 6.04 Å². The number of primary sulfonamides is 1. The summed E-state index contributed by atoms with van der Waals surface area (Å²) in [5.74, 6) is -0.649. The molecule has 2 fully saturated rings. The standard InChI is InChI=1S/C17H24N2O5S2/c1-16(2)10-4-6-17(16,3)12(8-10)19-13(20)9-24-15(21)14-11(5-7-25-14)26(18,22)23/h5,7,10,12H,4,6,8-9H2,1-3H3,(H,19,20)(H2,18,22,23)/t10-,12-,17-/m0/s1. The number of ether oxygens (including phenoxy) is 1. The summed E-state index contributed by atoms with van der Waals surface area (Å²) in [7, 11) is -4.01. The SMILES string of the molecule is CC1(C)[C@H]2CC[C@@]1(C)[C@@H](NC(=O)COC(=O)c1sccc1S(N)(=O)=O)C2. The van der Waals surface area contributed by atoms with E-state index in [1.54, 1.807) is 0 Å². The fourth-order valence-electron chi connectivity index (χ4n) is 4.53. The van der Waals surface area contributed by atoms with E-state index < -0.39 is 22.6 Å². The Bertz CT molecular complexity index is 845. The Morgan fingerprint density at radius 3 is 2.62 bits per heavy atom. The maximum Gasteiger partial charge on any atom is 0.350 e. The number of carbonyl (C=O) groups excluding carboxylic acids is 2. The fraction of sp³-hybridized carbons (Fsp3) is 0.647. The smallest absolute Gasteiger partial charge is 0.350 e. The molecule has 3 N–H and O–H groups in total. The monoisotopic (exact) mass is 400 g/mol. The Morgan fingerprint density at radius 1 is 1.38 bits per heavy atom. The van der Waals surface area contributed by atoms with Gasteiger partial charge in [0.1, 0.15) is 9.77 Å². The second-order valence-electron chi connectivity index (χ2n) is 7.97. The lowest BCUT2D eigenvalue weighted by atomic mass is 9.69. The highest BCUT2D eigenvalue weighted by atomic mass is 32.2. The molecule has 0 unspecified atom stereocenters. The molecule has 7 nitrogen and oxygen atoms in total. The highest BCUT2D eigenvalue weighted by molar-refractivity contribution is 7.89. The first-order valence-corrected chi connectivity index (χ1v) is 11.0. The Labute approximate surface area is 157 Å². The number of carbonyl (C=O) groups is 2. The Hall–Kier alpha value is -1.45. The number of hydrogen-bond donors (Lipinski definition) is 2. The minimum absolute atomic E-state index is 0.0336. The molecule has 1 amide bonds. The first-order valence-electron chi connectivity index (χ1n) is 8.53. The molecule has 9 heteroatoms. The van der Waals surface area contributed by atoms with E-state index in [0.717, 1.165) is 24.2 Å². The number of nitrogens with one attached hydrogen (secondary N) is 1. The highest BCUT2D eigenvalue weighted by Crippen LogP contribution is 2.65. The van der Waals surface area contributed by atoms with Gasteiger partial charge in [0.05, 0.1) is 0 Å². The van der Waals surface area contributed by atoms with Crippen molar-refractivity contribution >= 4 is 33.2 Å². The van der Waals surface area contributed by atoms with Gasteiger partial charge in [0.2, 0.25) is 10.0 Å². The molecular formula is C17H24N2O5S2. The minimum atomic E-state index is -4.01. The Morgan fingerprint density at radius 2 is 2.08 bits per heavy atom. The van der Waals surface area contributed by atoms with Crippen molar-refractivity contribution in [2.45, 2.75) is 51.0 Å². The summed E-state index contributed by atoms with van der Waals surface area (Å²) in [6.07, 6.45) is 3.19. The van der Waals surface area contributed by atoms with Gasteiger partial charge in [0.15, 0.2) is 6.61 Å². The molecule has 1 aromatic heterocycles. The average Bonchev–Trinajstić information content (AvgIpc) is 3.16. The summed E-state index contributed by atoms with van der Waals surface area (Å²) in [5.41, 5.74) is 0.203. The topological polar surface area (TPSA) is 116 Å². The Kier molecular flexibility index (Phi) is 4.69. The van der Waals surface area contributed by atoms with E-state index in [0.29, 0.717) is 5.92 Å². The highest BCUT2D eigenvalue weighted by Gasteiger charge is 2.61. The first-order chi connectivity index (χ1) is 12.0. The zero-order valence-electron chi connectivity index (χ0n) is 15.1. The summed E-state index contributed by atoms with van der Waals surface area (Å²) in [4.78, 5) is 24.0. The van der Waals surface area contributed by atoms with Gasteiger partial charge in [-0.25, -0.2) is 18.4 Å². The molecule has 0 saturated heterocycles. The normalized spacial score (nSPS) is 29.5. The average molecular weight is 401 g/mol. The molecule has 0 spiro atoms. The van der Waals surface area contributed by atoms with E-state index in [9.17, 15) is 18.0 Å². The van der Waals surface area contributed by atoms with E-state index >= 15 is 0 Å². The number of nitrogens with two attached hydrogens (primary N) is 1. The summed E-state index contributed by atoms with van der Waals surface area (Å²) in [6, 6.07) is 1.30. The lowest BCUT2D eigenvalue weighted by Gasteiger charge is -2.39. The molecule has 1 aromatic rings. The van der Waals surface area contributed by atoms with Crippen LogP contribution in [0.1, 0.15) is 49.7 Å². The quantitative estimate of drug-likeness (QED) is 0.732. The predicted octanol–water partition coefficient (Wildman–Crippen LogP) is 1.88. The summed E-state index contributed by atoms with van der Waals surface area (Å²) >= 11 is 0.913. The van der Waals surface area contributed by atoms with Gasteiger partial charge in [-0.15, -0.1) is 11.3 Å². The maximum absolute atomic E-state index is 12.3. The van der Waals surface area contributed by atoms with E-state index in [2.05, 4.69) is 26.1 Å². The van der Waals surface area contributed by atoms with E-state index in [1.165, 1.54) is 17.9 Å². The van der Waals surface area contributed by atoms with Gasteiger partial charge in [0.25, 0.3) is 5.91 Å². The molecular weight excluding hydrogens is 376 g/mol. The van der Waals surface area contributed by atoms with Crippen LogP contribution < -0.4 is 10.5 Å². The van der Waals surface area contributed by atoms with Gasteiger partial charge >= 0.3 is 5.97 Å². The first kappa shape index (κ1) is 19.3.